The Hall–Kier alpha value is -3.17. The zero-order chi connectivity index (χ0) is 21.1. The number of benzene rings is 2. The fraction of sp³-hybridized carbons (Fsp3) is 0.150. The number of hydrogen-bond acceptors (Lipinski definition) is 6. The van der Waals surface area contributed by atoms with Crippen LogP contribution in [0.5, 0.6) is 0 Å². The Kier molecular flexibility index (Phi) is 5.82. The van der Waals surface area contributed by atoms with E-state index in [0.717, 1.165) is 5.56 Å². The molecule has 2 amide bonds. The van der Waals surface area contributed by atoms with Gasteiger partial charge < -0.3 is 0 Å². The number of hydrazone groups is 1. The molecule has 0 radical (unpaired) electrons. The first-order valence-corrected chi connectivity index (χ1v) is 10.2. The van der Waals surface area contributed by atoms with E-state index in [-0.39, 0.29) is 36.8 Å². The van der Waals surface area contributed by atoms with E-state index < -0.39 is 5.91 Å². The van der Waals surface area contributed by atoms with Gasteiger partial charge in [-0.3, -0.25) is 14.9 Å². The Morgan fingerprint density at radius 3 is 2.67 bits per heavy atom. The van der Waals surface area contributed by atoms with Crippen molar-refractivity contribution >= 4 is 45.6 Å². The third kappa shape index (κ3) is 4.52. The standard InChI is InChI=1S/C20H15ClFN5O2S/c21-15-4-2-1-3-14(15)19-24-25-20(30-19)23-18(29)16-9-10-17(28)27(26-16)11-12-5-7-13(22)8-6-12/h1-8H,9-11H2,(H,23,25,29). The van der Waals surface area contributed by atoms with Gasteiger partial charge in [0, 0.05) is 18.4 Å². The molecule has 0 spiro atoms. The molecular weight excluding hydrogens is 429 g/mol. The highest BCUT2D eigenvalue weighted by Crippen LogP contribution is 2.31. The monoisotopic (exact) mass is 443 g/mol. The summed E-state index contributed by atoms with van der Waals surface area (Å²) in [6.07, 6.45) is 0.384. The second kappa shape index (κ2) is 8.68. The van der Waals surface area contributed by atoms with Crippen LogP contribution in [0, 0.1) is 5.82 Å². The highest BCUT2D eigenvalue weighted by Gasteiger charge is 2.25. The van der Waals surface area contributed by atoms with Crippen LogP contribution in [0.25, 0.3) is 10.6 Å². The molecule has 7 nitrogen and oxygen atoms in total. The minimum atomic E-state index is -0.450. The van der Waals surface area contributed by atoms with E-state index >= 15 is 0 Å². The minimum Gasteiger partial charge on any atom is -0.295 e. The number of nitrogens with one attached hydrogen (secondary N) is 1. The maximum atomic E-state index is 13.1. The maximum Gasteiger partial charge on any atom is 0.273 e. The van der Waals surface area contributed by atoms with Crippen LogP contribution >= 0.6 is 22.9 Å². The zero-order valence-electron chi connectivity index (χ0n) is 15.5. The van der Waals surface area contributed by atoms with Gasteiger partial charge >= 0.3 is 0 Å². The second-order valence-corrected chi connectivity index (χ2v) is 7.86. The van der Waals surface area contributed by atoms with Gasteiger partial charge in [-0.05, 0) is 23.8 Å². The van der Waals surface area contributed by atoms with E-state index in [9.17, 15) is 14.0 Å². The van der Waals surface area contributed by atoms with Crippen LogP contribution in [0.2, 0.25) is 5.02 Å². The van der Waals surface area contributed by atoms with Crippen LogP contribution in [0.1, 0.15) is 18.4 Å². The molecule has 1 aromatic heterocycles. The van der Waals surface area contributed by atoms with E-state index in [1.54, 1.807) is 18.2 Å². The van der Waals surface area contributed by atoms with E-state index in [4.69, 9.17) is 11.6 Å². The largest absolute Gasteiger partial charge is 0.295 e. The highest BCUT2D eigenvalue weighted by atomic mass is 35.5. The van der Waals surface area contributed by atoms with Crippen LogP contribution in [-0.4, -0.2) is 32.7 Å². The second-order valence-electron chi connectivity index (χ2n) is 6.47. The lowest BCUT2D eigenvalue weighted by atomic mass is 10.1. The number of anilines is 1. The van der Waals surface area contributed by atoms with Gasteiger partial charge in [-0.1, -0.05) is 53.3 Å². The molecule has 1 N–H and O–H groups in total. The van der Waals surface area contributed by atoms with E-state index in [1.165, 1.54) is 28.5 Å². The van der Waals surface area contributed by atoms with E-state index in [2.05, 4.69) is 20.6 Å². The van der Waals surface area contributed by atoms with Gasteiger partial charge in [-0.15, -0.1) is 10.2 Å². The van der Waals surface area contributed by atoms with Crippen LogP contribution in [0.4, 0.5) is 9.52 Å². The zero-order valence-corrected chi connectivity index (χ0v) is 17.1. The molecule has 2 heterocycles. The molecule has 0 saturated carbocycles. The SMILES string of the molecule is O=C(Nc1nnc(-c2ccccc2Cl)s1)C1=NN(Cc2ccc(F)cc2)C(=O)CC1. The molecule has 152 valence electrons. The number of halogens is 2. The van der Waals surface area contributed by atoms with Crippen LogP contribution in [-0.2, 0) is 16.1 Å². The van der Waals surface area contributed by atoms with Crippen molar-refractivity contribution in [1.29, 1.82) is 0 Å². The molecule has 0 bridgehead atoms. The highest BCUT2D eigenvalue weighted by molar-refractivity contribution is 7.18. The molecule has 0 atom stereocenters. The summed E-state index contributed by atoms with van der Waals surface area (Å²) in [5.74, 6) is -1.01. The molecule has 3 aromatic rings. The molecule has 1 aliphatic heterocycles. The third-order valence-corrected chi connectivity index (χ3v) is 5.56. The van der Waals surface area contributed by atoms with E-state index in [1.807, 2.05) is 18.2 Å². The summed E-state index contributed by atoms with van der Waals surface area (Å²) >= 11 is 7.36. The van der Waals surface area contributed by atoms with Crippen molar-refractivity contribution in [3.63, 3.8) is 0 Å². The molecule has 1 aliphatic rings. The lowest BCUT2D eigenvalue weighted by molar-refractivity contribution is -0.132. The van der Waals surface area contributed by atoms with Crippen molar-refractivity contribution in [3.05, 3.63) is 64.9 Å². The minimum absolute atomic E-state index is 0.158. The topological polar surface area (TPSA) is 87.6 Å². The fourth-order valence-corrected chi connectivity index (χ4v) is 3.90. The van der Waals surface area contributed by atoms with Gasteiger partial charge in [0.2, 0.25) is 11.0 Å². The molecule has 0 fully saturated rings. The summed E-state index contributed by atoms with van der Waals surface area (Å²) in [5, 5.41) is 17.6. The summed E-state index contributed by atoms with van der Waals surface area (Å²) in [6, 6.07) is 13.0. The summed E-state index contributed by atoms with van der Waals surface area (Å²) in [6.45, 7) is 0.158. The lowest BCUT2D eigenvalue weighted by Crippen LogP contribution is -2.36. The molecule has 0 unspecified atom stereocenters. The molecule has 2 aromatic carbocycles. The fourth-order valence-electron chi connectivity index (χ4n) is 2.84. The number of amides is 2. The van der Waals surface area contributed by atoms with Gasteiger partial charge in [0.1, 0.15) is 11.5 Å². The molecule has 10 heteroatoms. The van der Waals surface area contributed by atoms with Crippen molar-refractivity contribution < 1.29 is 14.0 Å². The average Bonchev–Trinajstić information content (AvgIpc) is 3.19. The first kappa shape index (κ1) is 20.1. The normalized spacial score (nSPS) is 13.9. The van der Waals surface area contributed by atoms with Crippen molar-refractivity contribution in [1.82, 2.24) is 15.2 Å². The molecular formula is C20H15ClFN5O2S. The number of rotatable bonds is 5. The number of aromatic nitrogens is 2. The van der Waals surface area contributed by atoms with Crippen LogP contribution in [0.15, 0.2) is 53.6 Å². The van der Waals surface area contributed by atoms with Gasteiger partial charge in [0.25, 0.3) is 5.91 Å². The van der Waals surface area contributed by atoms with Crippen LogP contribution in [0.3, 0.4) is 0 Å². The predicted molar refractivity (Wildman–Crippen MR) is 113 cm³/mol. The first-order chi connectivity index (χ1) is 14.5. The maximum absolute atomic E-state index is 13.1. The smallest absolute Gasteiger partial charge is 0.273 e. The molecule has 0 saturated heterocycles. The van der Waals surface area contributed by atoms with Crippen molar-refractivity contribution in [2.75, 3.05) is 5.32 Å². The summed E-state index contributed by atoms with van der Waals surface area (Å²) in [4.78, 5) is 24.8. The van der Waals surface area contributed by atoms with Crippen molar-refractivity contribution in [2.45, 2.75) is 19.4 Å². The average molecular weight is 444 g/mol. The van der Waals surface area contributed by atoms with Crippen LogP contribution < -0.4 is 5.32 Å². The number of carbonyl (C=O) groups is 2. The van der Waals surface area contributed by atoms with E-state index in [0.29, 0.717) is 20.7 Å². The lowest BCUT2D eigenvalue weighted by Gasteiger charge is -2.23. The first-order valence-electron chi connectivity index (χ1n) is 9.01. The predicted octanol–water partition coefficient (Wildman–Crippen LogP) is 4.11. The Bertz CT molecular complexity index is 1130. The quantitative estimate of drug-likeness (QED) is 0.642. The summed E-state index contributed by atoms with van der Waals surface area (Å²) < 4.78 is 13.1. The van der Waals surface area contributed by atoms with Gasteiger partial charge in [-0.25, -0.2) is 9.40 Å². The number of hydrogen-bond donors (Lipinski definition) is 1. The molecule has 0 aliphatic carbocycles. The Morgan fingerprint density at radius 1 is 1.13 bits per heavy atom. The molecule has 30 heavy (non-hydrogen) atoms. The molecule has 4 rings (SSSR count). The number of nitrogens with zero attached hydrogens (tertiary/aromatic N) is 4. The van der Waals surface area contributed by atoms with Gasteiger partial charge in [0.15, 0.2) is 5.01 Å². The van der Waals surface area contributed by atoms with Crippen molar-refractivity contribution in [3.8, 4) is 10.6 Å². The Labute approximate surface area is 180 Å². The summed E-state index contributed by atoms with van der Waals surface area (Å²) in [7, 11) is 0. The Morgan fingerprint density at radius 2 is 1.90 bits per heavy atom. The number of carbonyl (C=O) groups excluding carboxylic acids is 2. The van der Waals surface area contributed by atoms with Gasteiger partial charge in [-0.2, -0.15) is 5.10 Å². The van der Waals surface area contributed by atoms with Crippen molar-refractivity contribution in [2.24, 2.45) is 5.10 Å². The summed E-state index contributed by atoms with van der Waals surface area (Å²) in [5.41, 5.74) is 1.65. The third-order valence-electron chi connectivity index (χ3n) is 4.36. The Balaban J connectivity index is 1.47. The van der Waals surface area contributed by atoms with Gasteiger partial charge in [0.05, 0.1) is 11.6 Å².